The standard InChI is InChI=1S/C22H26ClN3O4S2/c1-16(2)26(21(27)20-9-6-12-31-20)14-18-13-24-22(25(18)10-11-30-3)32(28,29)15-17-7-4-5-8-19(17)23/h4-9,12-13,16H,10-11,14-15H2,1-3H3. The van der Waals surface area contributed by atoms with E-state index in [9.17, 15) is 13.2 Å². The van der Waals surface area contributed by atoms with Crippen LogP contribution in [0.4, 0.5) is 0 Å². The van der Waals surface area contributed by atoms with Crippen molar-refractivity contribution in [2.75, 3.05) is 13.7 Å². The molecular formula is C22H26ClN3O4S2. The van der Waals surface area contributed by atoms with Crippen LogP contribution in [-0.4, -0.2) is 48.5 Å². The Morgan fingerprint density at radius 1 is 1.25 bits per heavy atom. The summed E-state index contributed by atoms with van der Waals surface area (Å²) in [7, 11) is -2.23. The van der Waals surface area contributed by atoms with Crippen LogP contribution in [0.15, 0.2) is 53.1 Å². The molecular weight excluding hydrogens is 470 g/mol. The molecule has 10 heteroatoms. The number of carbonyl (C=O) groups is 1. The van der Waals surface area contributed by atoms with Gasteiger partial charge in [0.15, 0.2) is 0 Å². The first-order chi connectivity index (χ1) is 15.2. The minimum atomic E-state index is -3.79. The van der Waals surface area contributed by atoms with Crippen LogP contribution in [0.3, 0.4) is 0 Å². The molecule has 3 aromatic rings. The molecule has 0 unspecified atom stereocenters. The molecule has 0 aliphatic rings. The highest BCUT2D eigenvalue weighted by Gasteiger charge is 2.27. The van der Waals surface area contributed by atoms with Crippen molar-refractivity contribution in [2.24, 2.45) is 0 Å². The van der Waals surface area contributed by atoms with Gasteiger partial charge in [0.2, 0.25) is 15.0 Å². The van der Waals surface area contributed by atoms with Crippen LogP contribution in [-0.2, 0) is 33.4 Å². The Balaban J connectivity index is 1.95. The van der Waals surface area contributed by atoms with Crippen molar-refractivity contribution in [3.8, 4) is 0 Å². The lowest BCUT2D eigenvalue weighted by molar-refractivity contribution is 0.0689. The topological polar surface area (TPSA) is 81.5 Å². The number of rotatable bonds is 10. The molecule has 0 fully saturated rings. The molecule has 32 heavy (non-hydrogen) atoms. The van der Waals surface area contributed by atoms with E-state index in [2.05, 4.69) is 4.98 Å². The van der Waals surface area contributed by atoms with Crippen molar-refractivity contribution in [1.82, 2.24) is 14.5 Å². The van der Waals surface area contributed by atoms with Gasteiger partial charge >= 0.3 is 0 Å². The summed E-state index contributed by atoms with van der Waals surface area (Å²) in [6.45, 7) is 4.68. The van der Waals surface area contributed by atoms with Crippen LogP contribution >= 0.6 is 22.9 Å². The number of methoxy groups -OCH3 is 1. The summed E-state index contributed by atoms with van der Waals surface area (Å²) in [5, 5.41) is 2.18. The lowest BCUT2D eigenvalue weighted by Gasteiger charge is -2.27. The smallest absolute Gasteiger partial charge is 0.264 e. The van der Waals surface area contributed by atoms with Gasteiger partial charge in [0.05, 0.1) is 35.7 Å². The number of hydrogen-bond donors (Lipinski definition) is 0. The maximum absolute atomic E-state index is 13.2. The zero-order chi connectivity index (χ0) is 23.3. The summed E-state index contributed by atoms with van der Waals surface area (Å²) in [6, 6.07) is 10.4. The van der Waals surface area contributed by atoms with Crippen molar-refractivity contribution < 1.29 is 17.9 Å². The third kappa shape index (κ3) is 5.58. The summed E-state index contributed by atoms with van der Waals surface area (Å²) in [4.78, 5) is 19.6. The lowest BCUT2D eigenvalue weighted by atomic mass is 10.2. The first kappa shape index (κ1) is 24.4. The maximum atomic E-state index is 13.2. The molecule has 0 spiro atoms. The van der Waals surface area contributed by atoms with E-state index in [1.165, 1.54) is 17.5 Å². The van der Waals surface area contributed by atoms with Gasteiger partial charge in [-0.3, -0.25) is 4.79 Å². The van der Waals surface area contributed by atoms with E-state index in [1.807, 2.05) is 25.3 Å². The highest BCUT2D eigenvalue weighted by Crippen LogP contribution is 2.24. The van der Waals surface area contributed by atoms with Gasteiger partial charge in [-0.05, 0) is 36.9 Å². The predicted octanol–water partition coefficient (Wildman–Crippen LogP) is 4.27. The first-order valence-corrected chi connectivity index (χ1v) is 13.0. The Labute approximate surface area is 197 Å². The molecule has 0 aliphatic carbocycles. The number of ether oxygens (including phenoxy) is 1. The van der Waals surface area contributed by atoms with Crippen molar-refractivity contribution in [3.63, 3.8) is 0 Å². The van der Waals surface area contributed by atoms with Crippen LogP contribution in [0.25, 0.3) is 0 Å². The number of imidazole rings is 1. The fourth-order valence-corrected chi connectivity index (χ4v) is 5.79. The van der Waals surface area contributed by atoms with Gasteiger partial charge in [-0.15, -0.1) is 11.3 Å². The van der Waals surface area contributed by atoms with E-state index in [4.69, 9.17) is 16.3 Å². The van der Waals surface area contributed by atoms with E-state index in [0.29, 0.717) is 34.3 Å². The van der Waals surface area contributed by atoms with Crippen molar-refractivity contribution in [1.29, 1.82) is 0 Å². The third-order valence-electron chi connectivity index (χ3n) is 4.95. The minimum absolute atomic E-state index is 0.0586. The van der Waals surface area contributed by atoms with Crippen LogP contribution in [0, 0.1) is 0 Å². The predicted molar refractivity (Wildman–Crippen MR) is 126 cm³/mol. The second-order valence-electron chi connectivity index (χ2n) is 7.53. The third-order valence-corrected chi connectivity index (χ3v) is 7.75. The quantitative estimate of drug-likeness (QED) is 0.419. The van der Waals surface area contributed by atoms with Gasteiger partial charge in [-0.25, -0.2) is 13.4 Å². The molecule has 2 heterocycles. The highest BCUT2D eigenvalue weighted by molar-refractivity contribution is 7.90. The van der Waals surface area contributed by atoms with Crippen molar-refractivity contribution in [3.05, 3.63) is 69.1 Å². The van der Waals surface area contributed by atoms with Crippen LogP contribution in [0.5, 0.6) is 0 Å². The van der Waals surface area contributed by atoms with Gasteiger partial charge < -0.3 is 14.2 Å². The van der Waals surface area contributed by atoms with E-state index in [1.54, 1.807) is 46.9 Å². The fourth-order valence-electron chi connectivity index (χ4n) is 3.28. The highest BCUT2D eigenvalue weighted by atomic mass is 35.5. The zero-order valence-corrected chi connectivity index (χ0v) is 20.6. The molecule has 0 bridgehead atoms. The number of aromatic nitrogens is 2. The molecule has 0 radical (unpaired) electrons. The number of amides is 1. The summed E-state index contributed by atoms with van der Waals surface area (Å²) in [6.07, 6.45) is 1.52. The number of carbonyl (C=O) groups excluding carboxylic acids is 1. The minimum Gasteiger partial charge on any atom is -0.383 e. The summed E-state index contributed by atoms with van der Waals surface area (Å²) in [5.41, 5.74) is 1.13. The van der Waals surface area contributed by atoms with Crippen LogP contribution in [0.2, 0.25) is 5.02 Å². The molecule has 1 aromatic carbocycles. The Kier molecular flexibility index (Phi) is 8.10. The molecule has 0 saturated carbocycles. The molecule has 7 nitrogen and oxygen atoms in total. The Hall–Kier alpha value is -2.20. The second kappa shape index (κ2) is 10.6. The fraction of sp³-hybridized carbons (Fsp3) is 0.364. The summed E-state index contributed by atoms with van der Waals surface area (Å²) in [5.74, 6) is -0.368. The van der Waals surface area contributed by atoms with Gasteiger partial charge in [-0.2, -0.15) is 0 Å². The van der Waals surface area contributed by atoms with E-state index in [-0.39, 0.29) is 29.4 Å². The SMILES string of the molecule is COCCn1c(CN(C(=O)c2cccs2)C(C)C)cnc1S(=O)(=O)Cc1ccccc1Cl. The van der Waals surface area contributed by atoms with Gasteiger partial charge in [0, 0.05) is 24.7 Å². The molecule has 0 aliphatic heterocycles. The number of thiophene rings is 1. The molecule has 3 rings (SSSR count). The summed E-state index contributed by atoms with van der Waals surface area (Å²) < 4.78 is 33.3. The Morgan fingerprint density at radius 2 is 2.00 bits per heavy atom. The van der Waals surface area contributed by atoms with E-state index < -0.39 is 9.84 Å². The molecule has 1 amide bonds. The zero-order valence-electron chi connectivity index (χ0n) is 18.2. The van der Waals surface area contributed by atoms with Crippen molar-refractivity contribution >= 4 is 38.7 Å². The van der Waals surface area contributed by atoms with Gasteiger partial charge in [0.1, 0.15) is 0 Å². The monoisotopic (exact) mass is 495 g/mol. The summed E-state index contributed by atoms with van der Waals surface area (Å²) >= 11 is 7.55. The lowest BCUT2D eigenvalue weighted by Crippen LogP contribution is -2.36. The molecule has 172 valence electrons. The average molecular weight is 496 g/mol. The van der Waals surface area contributed by atoms with Crippen LogP contribution < -0.4 is 0 Å². The molecule has 2 aromatic heterocycles. The Morgan fingerprint density at radius 3 is 2.62 bits per heavy atom. The average Bonchev–Trinajstić information content (AvgIpc) is 3.42. The number of hydrogen-bond acceptors (Lipinski definition) is 6. The number of benzene rings is 1. The molecule has 0 saturated heterocycles. The second-order valence-corrected chi connectivity index (χ2v) is 10.8. The number of sulfone groups is 1. The number of halogens is 1. The van der Waals surface area contributed by atoms with Crippen LogP contribution in [0.1, 0.15) is 34.8 Å². The van der Waals surface area contributed by atoms with Gasteiger partial charge in [0.25, 0.3) is 5.91 Å². The number of nitrogens with zero attached hydrogens (tertiary/aromatic N) is 3. The van der Waals surface area contributed by atoms with E-state index in [0.717, 1.165) is 0 Å². The van der Waals surface area contributed by atoms with Gasteiger partial charge in [-0.1, -0.05) is 35.9 Å². The first-order valence-electron chi connectivity index (χ1n) is 10.1. The normalized spacial score (nSPS) is 11.8. The maximum Gasteiger partial charge on any atom is 0.264 e. The largest absolute Gasteiger partial charge is 0.383 e. The Bertz CT molecular complexity index is 1160. The van der Waals surface area contributed by atoms with E-state index >= 15 is 0 Å². The molecule has 0 N–H and O–H groups in total. The van der Waals surface area contributed by atoms with Crippen molar-refractivity contribution in [2.45, 2.75) is 43.9 Å². The molecule has 0 atom stereocenters.